The lowest BCUT2D eigenvalue weighted by molar-refractivity contribution is -0.873. The first-order chi connectivity index (χ1) is 4.45. The number of aliphatic hydroxyl groups is 1. The van der Waals surface area contributed by atoms with Gasteiger partial charge in [-0.05, 0) is 0 Å². The lowest BCUT2D eigenvalue weighted by Crippen LogP contribution is -3.00. The maximum Gasteiger partial charge on any atom is 0.126 e. The molecule has 0 heterocycles. The highest BCUT2D eigenvalue weighted by molar-refractivity contribution is 4.49. The summed E-state index contributed by atoms with van der Waals surface area (Å²) in [6, 6.07) is 0. The largest absolute Gasteiger partial charge is 1.00 e. The van der Waals surface area contributed by atoms with Gasteiger partial charge in [0.05, 0.1) is 27.7 Å². The van der Waals surface area contributed by atoms with Crippen LogP contribution in [0.4, 0.5) is 0 Å². The summed E-state index contributed by atoms with van der Waals surface area (Å²) >= 11 is 0. The lowest BCUT2D eigenvalue weighted by Gasteiger charge is -2.26. The van der Waals surface area contributed by atoms with E-state index >= 15 is 0 Å². The third-order valence-corrected chi connectivity index (χ3v) is 1.12. The average molecular weight is 184 g/mol. The predicted octanol–water partition coefficient (Wildman–Crippen LogP) is -3.30. The zero-order chi connectivity index (χ0) is 8.20. The second-order valence-electron chi connectivity index (χ2n) is 3.58. The second kappa shape index (κ2) is 5.77. The molecule has 70 valence electrons. The van der Waals surface area contributed by atoms with Gasteiger partial charge < -0.3 is 26.7 Å². The monoisotopic (exact) mass is 183 g/mol. The number of hydrogen-bond donors (Lipinski definition) is 1. The van der Waals surface area contributed by atoms with E-state index in [1.807, 2.05) is 21.1 Å². The topological polar surface area (TPSA) is 29.5 Å². The Labute approximate surface area is 75.0 Å². The van der Waals surface area contributed by atoms with Crippen LogP contribution in [-0.2, 0) is 4.74 Å². The number of aliphatic hydroxyl groups excluding tert-OH is 1. The van der Waals surface area contributed by atoms with Crippen molar-refractivity contribution in [3.8, 4) is 0 Å². The molecule has 1 atom stereocenters. The summed E-state index contributed by atoms with van der Waals surface area (Å²) in [5.74, 6) is 0. The Morgan fingerprint density at radius 2 is 1.82 bits per heavy atom. The minimum absolute atomic E-state index is 0. The third kappa shape index (κ3) is 10.2. The van der Waals surface area contributed by atoms with Crippen LogP contribution in [0, 0.1) is 0 Å². The number of methoxy groups -OCH3 is 1. The summed E-state index contributed by atoms with van der Waals surface area (Å²) in [6.07, 6.45) is -0.343. The van der Waals surface area contributed by atoms with Crippen LogP contribution in [0.5, 0.6) is 0 Å². The summed E-state index contributed by atoms with van der Waals surface area (Å²) in [5, 5.41) is 9.24. The molecule has 3 nitrogen and oxygen atoms in total. The third-order valence-electron chi connectivity index (χ3n) is 1.12. The molecule has 0 spiro atoms. The maximum absolute atomic E-state index is 9.24. The molecule has 1 unspecified atom stereocenters. The molecule has 0 amide bonds. The fourth-order valence-electron chi connectivity index (χ4n) is 0.877. The molecule has 0 radical (unpaired) electrons. The van der Waals surface area contributed by atoms with Crippen molar-refractivity contribution in [2.75, 3.05) is 41.4 Å². The van der Waals surface area contributed by atoms with Crippen molar-refractivity contribution in [1.82, 2.24) is 0 Å². The van der Waals surface area contributed by atoms with Gasteiger partial charge in [0, 0.05) is 7.11 Å². The highest BCUT2D eigenvalue weighted by Crippen LogP contribution is 1.94. The minimum atomic E-state index is -0.343. The Balaban J connectivity index is 0. The van der Waals surface area contributed by atoms with Crippen LogP contribution in [0.15, 0.2) is 0 Å². The molecular formula is C7H18ClNO2. The van der Waals surface area contributed by atoms with Crippen molar-refractivity contribution >= 4 is 0 Å². The van der Waals surface area contributed by atoms with E-state index in [1.54, 1.807) is 7.11 Å². The van der Waals surface area contributed by atoms with E-state index in [1.165, 1.54) is 0 Å². The molecule has 11 heavy (non-hydrogen) atoms. The smallest absolute Gasteiger partial charge is 0.126 e. The molecule has 0 fully saturated rings. The first-order valence-corrected chi connectivity index (χ1v) is 3.43. The number of nitrogens with zero attached hydrogens (tertiary/aromatic N) is 1. The highest BCUT2D eigenvalue weighted by Gasteiger charge is 2.14. The molecule has 0 aromatic rings. The summed E-state index contributed by atoms with van der Waals surface area (Å²) < 4.78 is 5.56. The van der Waals surface area contributed by atoms with Crippen molar-refractivity contribution in [1.29, 1.82) is 0 Å². The van der Waals surface area contributed by atoms with Crippen LogP contribution in [0.3, 0.4) is 0 Å². The summed E-state index contributed by atoms with van der Waals surface area (Å²) in [7, 11) is 7.72. The SMILES string of the molecule is COCC(O)C[N+](C)(C)C.[Cl-]. The number of halogens is 1. The molecule has 4 heteroatoms. The van der Waals surface area contributed by atoms with Gasteiger partial charge in [-0.3, -0.25) is 0 Å². The number of quaternary nitrogens is 1. The summed E-state index contributed by atoms with van der Waals surface area (Å²) in [5.41, 5.74) is 0. The Hall–Kier alpha value is 0.170. The molecule has 0 aliphatic carbocycles. The quantitative estimate of drug-likeness (QED) is 0.463. The minimum Gasteiger partial charge on any atom is -1.00 e. The fraction of sp³-hybridized carbons (Fsp3) is 1.00. The van der Waals surface area contributed by atoms with E-state index in [9.17, 15) is 5.11 Å². The maximum atomic E-state index is 9.24. The predicted molar refractivity (Wildman–Crippen MR) is 40.8 cm³/mol. The van der Waals surface area contributed by atoms with Crippen molar-refractivity contribution in [3.05, 3.63) is 0 Å². The Morgan fingerprint density at radius 3 is 2.09 bits per heavy atom. The van der Waals surface area contributed by atoms with Crippen molar-refractivity contribution < 1.29 is 26.7 Å². The van der Waals surface area contributed by atoms with Crippen LogP contribution < -0.4 is 12.4 Å². The molecule has 1 N–H and O–H groups in total. The van der Waals surface area contributed by atoms with Crippen LogP contribution >= 0.6 is 0 Å². The lowest BCUT2D eigenvalue weighted by atomic mass is 10.3. The van der Waals surface area contributed by atoms with Gasteiger partial charge in [0.1, 0.15) is 12.6 Å². The van der Waals surface area contributed by atoms with Gasteiger partial charge in [-0.15, -0.1) is 0 Å². The fourth-order valence-corrected chi connectivity index (χ4v) is 0.877. The molecule has 0 saturated heterocycles. The van der Waals surface area contributed by atoms with E-state index in [-0.39, 0.29) is 18.5 Å². The van der Waals surface area contributed by atoms with Gasteiger partial charge in [0.25, 0.3) is 0 Å². The van der Waals surface area contributed by atoms with Gasteiger partial charge in [0.2, 0.25) is 0 Å². The number of rotatable bonds is 4. The first kappa shape index (κ1) is 13.7. The molecule has 0 aromatic carbocycles. The molecule has 0 rings (SSSR count). The van der Waals surface area contributed by atoms with E-state index < -0.39 is 0 Å². The van der Waals surface area contributed by atoms with Crippen LogP contribution in [0.2, 0.25) is 0 Å². The van der Waals surface area contributed by atoms with Gasteiger partial charge in [-0.25, -0.2) is 0 Å². The second-order valence-corrected chi connectivity index (χ2v) is 3.58. The normalized spacial score (nSPS) is 13.9. The number of likely N-dealkylation sites (N-methyl/N-ethyl adjacent to an activating group) is 1. The molecule has 0 aromatic heterocycles. The van der Waals surface area contributed by atoms with Crippen LogP contribution in [-0.4, -0.2) is 57.1 Å². The first-order valence-electron chi connectivity index (χ1n) is 3.43. The van der Waals surface area contributed by atoms with Crippen LogP contribution in [0.25, 0.3) is 0 Å². The summed E-state index contributed by atoms with van der Waals surface area (Å²) in [6.45, 7) is 1.16. The van der Waals surface area contributed by atoms with E-state index in [0.29, 0.717) is 6.61 Å². The van der Waals surface area contributed by atoms with E-state index in [4.69, 9.17) is 4.74 Å². The van der Waals surface area contributed by atoms with E-state index in [0.717, 1.165) is 11.0 Å². The van der Waals surface area contributed by atoms with Crippen molar-refractivity contribution in [2.45, 2.75) is 6.10 Å². The Bertz CT molecular complexity index is 92.9. The Morgan fingerprint density at radius 1 is 1.36 bits per heavy atom. The zero-order valence-corrected chi connectivity index (χ0v) is 8.43. The van der Waals surface area contributed by atoms with Crippen LogP contribution in [0.1, 0.15) is 0 Å². The number of ether oxygens (including phenoxy) is 1. The standard InChI is InChI=1S/C7H18NO2.ClH/c1-8(2,3)5-7(9)6-10-4;/h7,9H,5-6H2,1-4H3;1H/q+1;/p-1. The zero-order valence-electron chi connectivity index (χ0n) is 7.67. The van der Waals surface area contributed by atoms with Gasteiger partial charge in [-0.1, -0.05) is 0 Å². The van der Waals surface area contributed by atoms with Gasteiger partial charge >= 0.3 is 0 Å². The number of hydrogen-bond acceptors (Lipinski definition) is 2. The van der Waals surface area contributed by atoms with Gasteiger partial charge in [-0.2, -0.15) is 0 Å². The molecule has 0 bridgehead atoms. The van der Waals surface area contributed by atoms with Crippen molar-refractivity contribution in [2.24, 2.45) is 0 Å². The summed E-state index contributed by atoms with van der Waals surface area (Å²) in [4.78, 5) is 0. The van der Waals surface area contributed by atoms with Gasteiger partial charge in [0.15, 0.2) is 0 Å². The highest BCUT2D eigenvalue weighted by atomic mass is 35.5. The van der Waals surface area contributed by atoms with Crippen molar-refractivity contribution in [3.63, 3.8) is 0 Å². The molecule has 0 saturated carbocycles. The molecule has 0 aliphatic heterocycles. The molecule has 0 aliphatic rings. The molecular weight excluding hydrogens is 166 g/mol. The van der Waals surface area contributed by atoms with E-state index in [2.05, 4.69) is 0 Å². The Kier molecular flexibility index (Phi) is 7.21. The average Bonchev–Trinajstić information content (AvgIpc) is 1.59.